The lowest BCUT2D eigenvalue weighted by molar-refractivity contribution is -0.113. The van der Waals surface area contributed by atoms with Gasteiger partial charge in [-0.3, -0.25) is 4.79 Å². The Morgan fingerprint density at radius 3 is 2.65 bits per heavy atom. The van der Waals surface area contributed by atoms with Crippen molar-refractivity contribution in [2.45, 2.75) is 12.8 Å². The van der Waals surface area contributed by atoms with Gasteiger partial charge in [-0.25, -0.2) is 13.8 Å². The van der Waals surface area contributed by atoms with E-state index in [2.05, 4.69) is 16.9 Å². The first-order valence-corrected chi connectivity index (χ1v) is 8.20. The van der Waals surface area contributed by atoms with Gasteiger partial charge in [-0.15, -0.1) is 0 Å². The molecule has 1 N–H and O–H groups in total. The molecule has 1 saturated heterocycles. The van der Waals surface area contributed by atoms with Crippen LogP contribution in [0.5, 0.6) is 11.5 Å². The molecule has 1 fully saturated rings. The highest BCUT2D eigenvalue weighted by atomic mass is 19.1. The van der Waals surface area contributed by atoms with Crippen LogP contribution in [0.4, 0.5) is 14.6 Å². The van der Waals surface area contributed by atoms with Gasteiger partial charge < -0.3 is 14.8 Å². The molecule has 2 aromatic rings. The second-order valence-corrected chi connectivity index (χ2v) is 5.92. The van der Waals surface area contributed by atoms with Crippen molar-refractivity contribution in [3.63, 3.8) is 0 Å². The summed E-state index contributed by atoms with van der Waals surface area (Å²) in [4.78, 5) is 16.3. The van der Waals surface area contributed by atoms with Crippen molar-refractivity contribution in [1.29, 1.82) is 0 Å². The molecule has 0 saturated carbocycles. The summed E-state index contributed by atoms with van der Waals surface area (Å²) in [7, 11) is 0. The molecule has 0 radical (unpaired) electrons. The molecule has 1 aliphatic heterocycles. The Balaban J connectivity index is 1.60. The van der Waals surface area contributed by atoms with Gasteiger partial charge in [-0.05, 0) is 43.0 Å². The maximum absolute atomic E-state index is 13.6. The molecular weight excluding hydrogens is 342 g/mol. The Bertz CT molecular complexity index is 803. The number of halogens is 2. The minimum Gasteiger partial charge on any atom is -0.453 e. The van der Waals surface area contributed by atoms with Crippen LogP contribution in [0.2, 0.25) is 0 Å². The average Bonchev–Trinajstić information content (AvgIpc) is 2.65. The van der Waals surface area contributed by atoms with E-state index in [1.54, 1.807) is 0 Å². The molecule has 1 aromatic heterocycles. The van der Waals surface area contributed by atoms with Gasteiger partial charge in [0.2, 0.25) is 0 Å². The number of carbonyl (C=O) groups is 1. The van der Waals surface area contributed by atoms with Crippen LogP contribution in [0.15, 0.2) is 48.7 Å². The van der Waals surface area contributed by atoms with E-state index in [1.165, 1.54) is 24.4 Å². The first kappa shape index (κ1) is 18.0. The van der Waals surface area contributed by atoms with Crippen LogP contribution in [0.3, 0.4) is 0 Å². The summed E-state index contributed by atoms with van der Waals surface area (Å²) in [6.07, 6.45) is 2.89. The number of nitrogens with one attached hydrogen (secondary N) is 1. The number of amides is 1. The van der Waals surface area contributed by atoms with Crippen LogP contribution >= 0.6 is 0 Å². The number of carbonyl (C=O) groups excluding carboxylic acids is 1. The minimum absolute atomic E-state index is 0.104. The topological polar surface area (TPSA) is 60.5 Å². The predicted octanol–water partition coefficient (Wildman–Crippen LogP) is 4.07. The van der Waals surface area contributed by atoms with Crippen LogP contribution < -0.4 is 10.1 Å². The molecule has 3 rings (SSSR count). The van der Waals surface area contributed by atoms with E-state index in [1.807, 2.05) is 0 Å². The summed E-state index contributed by atoms with van der Waals surface area (Å²) in [5.74, 6) is -1.20. The highest BCUT2D eigenvalue weighted by Crippen LogP contribution is 2.26. The fraction of sp³-hybridized carbons (Fsp3) is 0.263. The molecule has 1 aromatic carbocycles. The summed E-state index contributed by atoms with van der Waals surface area (Å²) in [6.45, 7) is 5.12. The van der Waals surface area contributed by atoms with E-state index in [0.717, 1.165) is 25.0 Å². The molecule has 0 aliphatic carbocycles. The molecule has 5 nitrogen and oxygen atoms in total. The highest BCUT2D eigenvalue weighted by molar-refractivity contribution is 6.03. The SMILES string of the molecule is C=C(C(=O)Nc1ccc(Oc2ccc(F)cc2F)cn1)C1CCOCC1. The molecule has 2 heterocycles. The van der Waals surface area contributed by atoms with Crippen molar-refractivity contribution >= 4 is 11.7 Å². The van der Waals surface area contributed by atoms with Crippen molar-refractivity contribution in [2.75, 3.05) is 18.5 Å². The standard InChI is InChI=1S/C19H18F2N2O3/c1-12(13-6-8-25-9-7-13)19(24)23-18-5-3-15(11-22-18)26-17-4-2-14(20)10-16(17)21/h2-5,10-11,13H,1,6-9H2,(H,22,23,24). The van der Waals surface area contributed by atoms with E-state index in [9.17, 15) is 13.6 Å². The van der Waals surface area contributed by atoms with Gasteiger partial charge in [0, 0.05) is 24.9 Å². The van der Waals surface area contributed by atoms with Crippen molar-refractivity contribution in [1.82, 2.24) is 4.98 Å². The van der Waals surface area contributed by atoms with Crippen molar-refractivity contribution < 1.29 is 23.0 Å². The third kappa shape index (κ3) is 4.43. The van der Waals surface area contributed by atoms with Gasteiger partial charge in [-0.1, -0.05) is 6.58 Å². The van der Waals surface area contributed by atoms with Gasteiger partial charge in [0.25, 0.3) is 5.91 Å². The van der Waals surface area contributed by atoms with Crippen LogP contribution in [0.25, 0.3) is 0 Å². The zero-order valence-corrected chi connectivity index (χ0v) is 14.0. The fourth-order valence-electron chi connectivity index (χ4n) is 2.63. The lowest BCUT2D eigenvalue weighted by Gasteiger charge is -2.23. The molecule has 0 bridgehead atoms. The minimum atomic E-state index is -0.810. The average molecular weight is 360 g/mol. The maximum Gasteiger partial charge on any atom is 0.252 e. The highest BCUT2D eigenvalue weighted by Gasteiger charge is 2.22. The van der Waals surface area contributed by atoms with Gasteiger partial charge in [0.15, 0.2) is 11.6 Å². The van der Waals surface area contributed by atoms with E-state index in [-0.39, 0.29) is 23.3 Å². The second kappa shape index (κ2) is 8.05. The number of hydrogen-bond donors (Lipinski definition) is 1. The van der Waals surface area contributed by atoms with Gasteiger partial charge >= 0.3 is 0 Å². The van der Waals surface area contributed by atoms with Crippen LogP contribution in [0.1, 0.15) is 12.8 Å². The fourth-order valence-corrected chi connectivity index (χ4v) is 2.63. The van der Waals surface area contributed by atoms with Crippen molar-refractivity contribution in [3.05, 3.63) is 60.3 Å². The van der Waals surface area contributed by atoms with Crippen molar-refractivity contribution in [2.24, 2.45) is 5.92 Å². The Kier molecular flexibility index (Phi) is 5.58. The Morgan fingerprint density at radius 2 is 2.00 bits per heavy atom. The molecule has 26 heavy (non-hydrogen) atoms. The van der Waals surface area contributed by atoms with Crippen molar-refractivity contribution in [3.8, 4) is 11.5 Å². The Labute approximate surface area is 149 Å². The first-order chi connectivity index (χ1) is 12.5. The quantitative estimate of drug-likeness (QED) is 0.817. The number of ether oxygens (including phenoxy) is 2. The zero-order chi connectivity index (χ0) is 18.5. The maximum atomic E-state index is 13.6. The normalized spacial score (nSPS) is 14.7. The lowest BCUT2D eigenvalue weighted by atomic mass is 9.92. The van der Waals surface area contributed by atoms with Gasteiger partial charge in [-0.2, -0.15) is 0 Å². The predicted molar refractivity (Wildman–Crippen MR) is 92.0 cm³/mol. The summed E-state index contributed by atoms with van der Waals surface area (Å²) >= 11 is 0. The summed E-state index contributed by atoms with van der Waals surface area (Å²) < 4.78 is 37.1. The number of benzene rings is 1. The monoisotopic (exact) mass is 360 g/mol. The number of pyridine rings is 1. The zero-order valence-electron chi connectivity index (χ0n) is 14.0. The largest absolute Gasteiger partial charge is 0.453 e. The third-order valence-corrected chi connectivity index (χ3v) is 4.11. The molecule has 0 spiro atoms. The molecule has 1 aliphatic rings. The lowest BCUT2D eigenvalue weighted by Crippen LogP contribution is -2.25. The molecule has 0 atom stereocenters. The van der Waals surface area contributed by atoms with Gasteiger partial charge in [0.1, 0.15) is 17.4 Å². The first-order valence-electron chi connectivity index (χ1n) is 8.20. The number of anilines is 1. The molecule has 0 unspecified atom stereocenters. The Morgan fingerprint density at radius 1 is 1.23 bits per heavy atom. The van der Waals surface area contributed by atoms with Crippen LogP contribution in [-0.4, -0.2) is 24.1 Å². The van der Waals surface area contributed by atoms with Crippen LogP contribution in [0, 0.1) is 17.6 Å². The second-order valence-electron chi connectivity index (χ2n) is 5.92. The Hall–Kier alpha value is -2.80. The van der Waals surface area contributed by atoms with E-state index >= 15 is 0 Å². The molecule has 7 heteroatoms. The number of aromatic nitrogens is 1. The van der Waals surface area contributed by atoms with Crippen LogP contribution in [-0.2, 0) is 9.53 Å². The third-order valence-electron chi connectivity index (χ3n) is 4.11. The number of nitrogens with zero attached hydrogens (tertiary/aromatic N) is 1. The molecular formula is C19H18F2N2O3. The van der Waals surface area contributed by atoms with E-state index in [0.29, 0.717) is 24.6 Å². The number of hydrogen-bond acceptors (Lipinski definition) is 4. The number of rotatable bonds is 5. The van der Waals surface area contributed by atoms with Gasteiger partial charge in [0.05, 0.1) is 6.20 Å². The van der Waals surface area contributed by atoms with E-state index < -0.39 is 11.6 Å². The smallest absolute Gasteiger partial charge is 0.252 e. The summed E-state index contributed by atoms with van der Waals surface area (Å²) in [6, 6.07) is 6.09. The summed E-state index contributed by atoms with van der Waals surface area (Å²) in [5.41, 5.74) is 0.504. The molecule has 1 amide bonds. The summed E-state index contributed by atoms with van der Waals surface area (Å²) in [5, 5.41) is 2.68. The molecule has 136 valence electrons. The van der Waals surface area contributed by atoms with E-state index in [4.69, 9.17) is 9.47 Å².